The number of rotatable bonds is 4. The Morgan fingerprint density at radius 3 is 2.48 bits per heavy atom. The first kappa shape index (κ1) is 16.0. The van der Waals surface area contributed by atoms with Crippen LogP contribution in [-0.4, -0.2) is 54.9 Å². The highest BCUT2D eigenvalue weighted by atomic mass is 16.7. The number of aromatic nitrogens is 2. The fourth-order valence-corrected chi connectivity index (χ4v) is 3.31. The van der Waals surface area contributed by atoms with E-state index in [0.29, 0.717) is 12.8 Å². The number of ether oxygens (including phenoxy) is 2. The second-order valence-electron chi connectivity index (χ2n) is 6.33. The first-order valence-electron chi connectivity index (χ1n) is 8.63. The summed E-state index contributed by atoms with van der Waals surface area (Å²) in [7, 11) is 1.87. The average molecular weight is 341 g/mol. The number of hydrogen-bond acceptors (Lipinski definition) is 7. The molecule has 25 heavy (non-hydrogen) atoms. The fraction of sp³-hybridized carbons (Fsp3) is 0.444. The van der Waals surface area contributed by atoms with Crippen LogP contribution in [0.2, 0.25) is 0 Å². The van der Waals surface area contributed by atoms with Gasteiger partial charge < -0.3 is 19.7 Å². The molecule has 0 radical (unpaired) electrons. The summed E-state index contributed by atoms with van der Waals surface area (Å²) in [4.78, 5) is 13.6. The molecule has 1 N–H and O–H groups in total. The Hall–Kier alpha value is -2.54. The first-order chi connectivity index (χ1) is 12.2. The summed E-state index contributed by atoms with van der Waals surface area (Å²) in [6.45, 7) is 6.37. The van der Waals surface area contributed by atoms with E-state index in [4.69, 9.17) is 9.47 Å². The van der Waals surface area contributed by atoms with Crippen molar-refractivity contribution in [3.63, 3.8) is 0 Å². The number of nitrogens with zero attached hydrogens (tertiary/aromatic N) is 4. The van der Waals surface area contributed by atoms with Gasteiger partial charge in [0.05, 0.1) is 18.1 Å². The van der Waals surface area contributed by atoms with E-state index in [2.05, 4.69) is 44.1 Å². The monoisotopic (exact) mass is 341 g/mol. The highest BCUT2D eigenvalue weighted by Crippen LogP contribution is 2.35. The van der Waals surface area contributed by atoms with Gasteiger partial charge in [-0.25, -0.2) is 9.97 Å². The van der Waals surface area contributed by atoms with Crippen LogP contribution in [-0.2, 0) is 0 Å². The van der Waals surface area contributed by atoms with Gasteiger partial charge in [-0.05, 0) is 24.6 Å². The number of anilines is 2. The van der Waals surface area contributed by atoms with Crippen molar-refractivity contribution in [1.82, 2.24) is 14.9 Å². The molecule has 3 heterocycles. The van der Waals surface area contributed by atoms with Crippen LogP contribution < -0.4 is 19.7 Å². The lowest BCUT2D eigenvalue weighted by molar-refractivity contribution is 0.173. The second kappa shape index (κ2) is 6.76. The Balaban J connectivity index is 1.39. The fourth-order valence-electron chi connectivity index (χ4n) is 3.31. The third-order valence-corrected chi connectivity index (χ3v) is 4.95. The van der Waals surface area contributed by atoms with Gasteiger partial charge in [-0.3, -0.25) is 4.90 Å². The molecule has 4 rings (SSSR count). The standard InChI is InChI=1S/C18H23N5O2/c1-13(14-3-4-16-17(9-14)25-12-24-16)22-5-7-23(8-6-22)18-20-10-15(19-2)11-21-18/h3-4,9-11,13,19H,5-8,12H2,1-2H3/t13-/m1/s1. The van der Waals surface area contributed by atoms with Crippen molar-refractivity contribution in [2.45, 2.75) is 13.0 Å². The van der Waals surface area contributed by atoms with Gasteiger partial charge in [0, 0.05) is 39.3 Å². The van der Waals surface area contributed by atoms with Crippen LogP contribution in [0.5, 0.6) is 11.5 Å². The molecular formula is C18H23N5O2. The second-order valence-corrected chi connectivity index (χ2v) is 6.33. The van der Waals surface area contributed by atoms with E-state index in [1.54, 1.807) is 0 Å². The Kier molecular flexibility index (Phi) is 4.31. The molecule has 1 aromatic heterocycles. The van der Waals surface area contributed by atoms with Crippen molar-refractivity contribution in [1.29, 1.82) is 0 Å². The maximum Gasteiger partial charge on any atom is 0.231 e. The third-order valence-electron chi connectivity index (χ3n) is 4.95. The summed E-state index contributed by atoms with van der Waals surface area (Å²) in [5.74, 6) is 2.48. The molecule has 2 aliphatic heterocycles. The van der Waals surface area contributed by atoms with Crippen molar-refractivity contribution in [2.75, 3.05) is 50.2 Å². The molecular weight excluding hydrogens is 318 g/mol. The zero-order valence-electron chi connectivity index (χ0n) is 14.6. The zero-order chi connectivity index (χ0) is 17.2. The van der Waals surface area contributed by atoms with Crippen molar-refractivity contribution in [3.05, 3.63) is 36.2 Å². The molecule has 0 saturated carbocycles. The topological polar surface area (TPSA) is 62.8 Å². The summed E-state index contributed by atoms with van der Waals surface area (Å²) >= 11 is 0. The third kappa shape index (κ3) is 3.19. The van der Waals surface area contributed by atoms with Crippen LogP contribution in [0.3, 0.4) is 0 Å². The normalized spacial score (nSPS) is 18.2. The number of fused-ring (bicyclic) bond motifs is 1. The molecule has 1 atom stereocenters. The SMILES string of the molecule is CNc1cnc(N2CCN([C@H](C)c3ccc4c(c3)OCO4)CC2)nc1. The molecule has 1 aromatic carbocycles. The van der Waals surface area contributed by atoms with E-state index in [1.165, 1.54) is 5.56 Å². The van der Waals surface area contributed by atoms with E-state index in [9.17, 15) is 0 Å². The molecule has 1 saturated heterocycles. The zero-order valence-corrected chi connectivity index (χ0v) is 14.6. The molecule has 132 valence electrons. The number of nitrogens with one attached hydrogen (secondary N) is 1. The molecule has 0 unspecified atom stereocenters. The summed E-state index contributed by atoms with van der Waals surface area (Å²) in [6, 6.07) is 6.56. The van der Waals surface area contributed by atoms with E-state index in [1.807, 2.05) is 25.5 Å². The smallest absolute Gasteiger partial charge is 0.231 e. The lowest BCUT2D eigenvalue weighted by Gasteiger charge is -2.38. The number of hydrogen-bond donors (Lipinski definition) is 1. The molecule has 1 fully saturated rings. The largest absolute Gasteiger partial charge is 0.454 e. The van der Waals surface area contributed by atoms with Gasteiger partial charge in [-0.15, -0.1) is 0 Å². The summed E-state index contributed by atoms with van der Waals surface area (Å²) in [5, 5.41) is 3.04. The maximum absolute atomic E-state index is 5.50. The molecule has 2 aromatic rings. The van der Waals surface area contributed by atoms with Crippen molar-refractivity contribution in [3.8, 4) is 11.5 Å². The molecule has 0 bridgehead atoms. The van der Waals surface area contributed by atoms with E-state index in [0.717, 1.165) is 49.3 Å². The van der Waals surface area contributed by atoms with E-state index < -0.39 is 0 Å². The highest BCUT2D eigenvalue weighted by molar-refractivity contribution is 5.45. The molecule has 7 heteroatoms. The summed E-state index contributed by atoms with van der Waals surface area (Å²) in [6.07, 6.45) is 3.65. The minimum Gasteiger partial charge on any atom is -0.454 e. The Labute approximate surface area is 147 Å². The quantitative estimate of drug-likeness (QED) is 0.914. The van der Waals surface area contributed by atoms with Crippen LogP contribution in [0.25, 0.3) is 0 Å². The predicted octanol–water partition coefficient (Wildman–Crippen LogP) is 2.13. The average Bonchev–Trinajstić information content (AvgIpc) is 3.15. The van der Waals surface area contributed by atoms with Gasteiger partial charge in [0.2, 0.25) is 12.7 Å². The van der Waals surface area contributed by atoms with Gasteiger partial charge in [-0.2, -0.15) is 0 Å². The van der Waals surface area contributed by atoms with Crippen LogP contribution in [0.15, 0.2) is 30.6 Å². The van der Waals surface area contributed by atoms with Crippen LogP contribution in [0.1, 0.15) is 18.5 Å². The predicted molar refractivity (Wildman–Crippen MR) is 96.3 cm³/mol. The Morgan fingerprint density at radius 1 is 1.04 bits per heavy atom. The Morgan fingerprint density at radius 2 is 1.76 bits per heavy atom. The first-order valence-corrected chi connectivity index (χ1v) is 8.63. The highest BCUT2D eigenvalue weighted by Gasteiger charge is 2.24. The van der Waals surface area contributed by atoms with E-state index in [-0.39, 0.29) is 0 Å². The van der Waals surface area contributed by atoms with Crippen molar-refractivity contribution in [2.24, 2.45) is 0 Å². The van der Waals surface area contributed by atoms with Crippen LogP contribution >= 0.6 is 0 Å². The van der Waals surface area contributed by atoms with E-state index >= 15 is 0 Å². The maximum atomic E-state index is 5.50. The summed E-state index contributed by atoms with van der Waals surface area (Å²) < 4.78 is 10.9. The Bertz CT molecular complexity index is 729. The van der Waals surface area contributed by atoms with Gasteiger partial charge in [-0.1, -0.05) is 6.07 Å². The van der Waals surface area contributed by atoms with Crippen molar-refractivity contribution >= 4 is 11.6 Å². The lowest BCUT2D eigenvalue weighted by Crippen LogP contribution is -2.47. The van der Waals surface area contributed by atoms with Crippen LogP contribution in [0, 0.1) is 0 Å². The number of piperazine rings is 1. The molecule has 7 nitrogen and oxygen atoms in total. The lowest BCUT2D eigenvalue weighted by atomic mass is 10.1. The number of benzene rings is 1. The van der Waals surface area contributed by atoms with Crippen LogP contribution in [0.4, 0.5) is 11.6 Å². The van der Waals surface area contributed by atoms with Gasteiger partial charge in [0.25, 0.3) is 0 Å². The van der Waals surface area contributed by atoms with Gasteiger partial charge in [0.1, 0.15) is 0 Å². The molecule has 0 amide bonds. The molecule has 2 aliphatic rings. The van der Waals surface area contributed by atoms with Crippen molar-refractivity contribution < 1.29 is 9.47 Å². The molecule has 0 aliphatic carbocycles. The minimum atomic E-state index is 0.318. The summed E-state index contributed by atoms with van der Waals surface area (Å²) in [5.41, 5.74) is 2.19. The minimum absolute atomic E-state index is 0.318. The van der Waals surface area contributed by atoms with Gasteiger partial charge in [0.15, 0.2) is 11.5 Å². The molecule has 0 spiro atoms. The van der Waals surface area contributed by atoms with Gasteiger partial charge >= 0.3 is 0 Å².